The van der Waals surface area contributed by atoms with Crippen LogP contribution in [0.15, 0.2) is 0 Å². The SMILES string of the molecule is CCCC(OC(N)=O)C(C)OC(N)=O. The topological polar surface area (TPSA) is 105 Å². The van der Waals surface area contributed by atoms with Gasteiger partial charge in [-0.15, -0.1) is 0 Å². The van der Waals surface area contributed by atoms with E-state index in [2.05, 4.69) is 4.74 Å². The minimum absolute atomic E-state index is 0.537. The van der Waals surface area contributed by atoms with Crippen molar-refractivity contribution in [2.24, 2.45) is 11.5 Å². The molecule has 14 heavy (non-hydrogen) atoms. The fourth-order valence-electron chi connectivity index (χ4n) is 1.08. The third kappa shape index (κ3) is 5.23. The number of nitrogens with two attached hydrogens (primary N) is 2. The lowest BCUT2D eigenvalue weighted by molar-refractivity contribution is 0.00122. The molecule has 2 unspecified atom stereocenters. The molecule has 6 nitrogen and oxygen atoms in total. The summed E-state index contributed by atoms with van der Waals surface area (Å²) >= 11 is 0. The van der Waals surface area contributed by atoms with Gasteiger partial charge >= 0.3 is 12.2 Å². The van der Waals surface area contributed by atoms with Crippen molar-refractivity contribution in [1.29, 1.82) is 0 Å². The number of carbonyl (C=O) groups is 2. The molecule has 0 aliphatic heterocycles. The van der Waals surface area contributed by atoms with E-state index in [0.717, 1.165) is 6.42 Å². The van der Waals surface area contributed by atoms with E-state index in [1.807, 2.05) is 6.92 Å². The standard InChI is InChI=1S/C8H16N2O4/c1-3-4-6(14-8(10)12)5(2)13-7(9)11/h5-6H,3-4H2,1-2H3,(H2,9,11)(H2,10,12). The molecule has 0 spiro atoms. The van der Waals surface area contributed by atoms with Crippen molar-refractivity contribution >= 4 is 12.2 Å². The van der Waals surface area contributed by atoms with Crippen LogP contribution in [0, 0.1) is 0 Å². The quantitative estimate of drug-likeness (QED) is 0.688. The molecule has 0 aliphatic rings. The summed E-state index contributed by atoms with van der Waals surface area (Å²) in [6.45, 7) is 3.50. The van der Waals surface area contributed by atoms with E-state index in [1.165, 1.54) is 0 Å². The second-order valence-electron chi connectivity index (χ2n) is 2.91. The van der Waals surface area contributed by atoms with Gasteiger partial charge in [-0.1, -0.05) is 13.3 Å². The van der Waals surface area contributed by atoms with Gasteiger partial charge in [-0.3, -0.25) is 0 Å². The molecule has 0 radical (unpaired) electrons. The van der Waals surface area contributed by atoms with Crippen molar-refractivity contribution in [3.05, 3.63) is 0 Å². The molecule has 6 heteroatoms. The lowest BCUT2D eigenvalue weighted by Gasteiger charge is -2.21. The summed E-state index contributed by atoms with van der Waals surface area (Å²) in [6.07, 6.45) is -1.55. The predicted octanol–water partition coefficient (Wildman–Crippen LogP) is 0.734. The highest BCUT2D eigenvalue weighted by Crippen LogP contribution is 2.10. The Morgan fingerprint density at radius 3 is 2.07 bits per heavy atom. The first-order chi connectivity index (χ1) is 6.47. The summed E-state index contributed by atoms with van der Waals surface area (Å²) in [5.74, 6) is 0. The smallest absolute Gasteiger partial charge is 0.404 e. The first-order valence-electron chi connectivity index (χ1n) is 4.39. The van der Waals surface area contributed by atoms with E-state index in [9.17, 15) is 9.59 Å². The molecule has 0 aliphatic carbocycles. The lowest BCUT2D eigenvalue weighted by atomic mass is 10.1. The number of hydrogen-bond donors (Lipinski definition) is 2. The highest BCUT2D eigenvalue weighted by molar-refractivity contribution is 5.66. The van der Waals surface area contributed by atoms with Crippen LogP contribution in [0.5, 0.6) is 0 Å². The molecule has 4 N–H and O–H groups in total. The molecule has 0 aromatic rings. The average Bonchev–Trinajstić information content (AvgIpc) is 2.01. The minimum Gasteiger partial charge on any atom is -0.443 e. The van der Waals surface area contributed by atoms with Crippen molar-refractivity contribution in [3.8, 4) is 0 Å². The zero-order valence-electron chi connectivity index (χ0n) is 8.36. The van der Waals surface area contributed by atoms with E-state index in [0.29, 0.717) is 6.42 Å². The maximum absolute atomic E-state index is 10.5. The van der Waals surface area contributed by atoms with Crippen LogP contribution >= 0.6 is 0 Å². The monoisotopic (exact) mass is 204 g/mol. The molecule has 0 aromatic heterocycles. The third-order valence-electron chi connectivity index (χ3n) is 1.67. The van der Waals surface area contributed by atoms with Crippen LogP contribution < -0.4 is 11.5 Å². The van der Waals surface area contributed by atoms with E-state index < -0.39 is 24.4 Å². The summed E-state index contributed by atoms with van der Waals surface area (Å²) in [6, 6.07) is 0. The van der Waals surface area contributed by atoms with Crippen LogP contribution in [0.25, 0.3) is 0 Å². The minimum atomic E-state index is -0.897. The fourth-order valence-corrected chi connectivity index (χ4v) is 1.08. The van der Waals surface area contributed by atoms with Crippen molar-refractivity contribution < 1.29 is 19.1 Å². The van der Waals surface area contributed by atoms with Gasteiger partial charge in [0.25, 0.3) is 0 Å². The molecule has 0 saturated carbocycles. The van der Waals surface area contributed by atoms with E-state index in [1.54, 1.807) is 6.92 Å². The van der Waals surface area contributed by atoms with Gasteiger partial charge < -0.3 is 20.9 Å². The van der Waals surface area contributed by atoms with Gasteiger partial charge in [0, 0.05) is 0 Å². The summed E-state index contributed by atoms with van der Waals surface area (Å²) in [7, 11) is 0. The largest absolute Gasteiger partial charge is 0.443 e. The highest BCUT2D eigenvalue weighted by atomic mass is 16.6. The Labute approximate surface area is 82.5 Å². The Balaban J connectivity index is 4.16. The molecular weight excluding hydrogens is 188 g/mol. The lowest BCUT2D eigenvalue weighted by Crippen LogP contribution is -2.36. The van der Waals surface area contributed by atoms with Gasteiger partial charge in [-0.2, -0.15) is 0 Å². The van der Waals surface area contributed by atoms with E-state index in [-0.39, 0.29) is 0 Å². The number of ether oxygens (including phenoxy) is 2. The molecule has 82 valence electrons. The van der Waals surface area contributed by atoms with Crippen LogP contribution in [0.3, 0.4) is 0 Å². The Morgan fingerprint density at radius 2 is 1.71 bits per heavy atom. The summed E-state index contributed by atoms with van der Waals surface area (Å²) < 4.78 is 9.43. The first kappa shape index (κ1) is 12.5. The maximum Gasteiger partial charge on any atom is 0.404 e. The Hall–Kier alpha value is -1.46. The molecule has 0 heterocycles. The molecule has 0 saturated heterocycles. The normalized spacial score (nSPS) is 14.1. The average molecular weight is 204 g/mol. The number of carbonyl (C=O) groups excluding carboxylic acids is 2. The second-order valence-corrected chi connectivity index (χ2v) is 2.91. The Bertz CT molecular complexity index is 208. The van der Waals surface area contributed by atoms with Gasteiger partial charge in [-0.25, -0.2) is 9.59 Å². The zero-order chi connectivity index (χ0) is 11.1. The highest BCUT2D eigenvalue weighted by Gasteiger charge is 2.22. The number of rotatable bonds is 5. The molecule has 2 amide bonds. The number of amides is 2. The van der Waals surface area contributed by atoms with Gasteiger partial charge in [0.2, 0.25) is 0 Å². The van der Waals surface area contributed by atoms with Gasteiger partial charge in [-0.05, 0) is 13.3 Å². The van der Waals surface area contributed by atoms with Crippen LogP contribution in [0.1, 0.15) is 26.7 Å². The molecule has 2 atom stereocenters. The number of primary amides is 2. The van der Waals surface area contributed by atoms with Crippen molar-refractivity contribution in [2.75, 3.05) is 0 Å². The molecule has 0 rings (SSSR count). The third-order valence-corrected chi connectivity index (χ3v) is 1.67. The maximum atomic E-state index is 10.5. The molecule has 0 bridgehead atoms. The van der Waals surface area contributed by atoms with Crippen molar-refractivity contribution in [2.45, 2.75) is 38.9 Å². The Morgan fingerprint density at radius 1 is 1.21 bits per heavy atom. The van der Waals surface area contributed by atoms with Crippen LogP contribution in [-0.2, 0) is 9.47 Å². The predicted molar refractivity (Wildman–Crippen MR) is 49.5 cm³/mol. The molecule has 0 fully saturated rings. The zero-order valence-corrected chi connectivity index (χ0v) is 8.36. The van der Waals surface area contributed by atoms with Gasteiger partial charge in [0.05, 0.1) is 0 Å². The van der Waals surface area contributed by atoms with Crippen molar-refractivity contribution in [3.63, 3.8) is 0 Å². The summed E-state index contributed by atoms with van der Waals surface area (Å²) in [5.41, 5.74) is 9.68. The van der Waals surface area contributed by atoms with E-state index >= 15 is 0 Å². The van der Waals surface area contributed by atoms with Crippen LogP contribution in [-0.4, -0.2) is 24.4 Å². The summed E-state index contributed by atoms with van der Waals surface area (Å²) in [4.78, 5) is 20.9. The van der Waals surface area contributed by atoms with Gasteiger partial charge in [0.15, 0.2) is 0 Å². The first-order valence-corrected chi connectivity index (χ1v) is 4.39. The van der Waals surface area contributed by atoms with E-state index in [4.69, 9.17) is 16.2 Å². The fraction of sp³-hybridized carbons (Fsp3) is 0.750. The Kier molecular flexibility index (Phi) is 5.43. The molecular formula is C8H16N2O4. The molecule has 0 aromatic carbocycles. The number of hydrogen-bond acceptors (Lipinski definition) is 4. The summed E-state index contributed by atoms with van der Waals surface area (Å²) in [5, 5.41) is 0. The van der Waals surface area contributed by atoms with Crippen molar-refractivity contribution in [1.82, 2.24) is 0 Å². The van der Waals surface area contributed by atoms with Gasteiger partial charge in [0.1, 0.15) is 12.2 Å². The second kappa shape index (κ2) is 6.06. The van der Waals surface area contributed by atoms with Crippen LogP contribution in [0.2, 0.25) is 0 Å². The van der Waals surface area contributed by atoms with Crippen LogP contribution in [0.4, 0.5) is 9.59 Å².